The van der Waals surface area contributed by atoms with E-state index in [-0.39, 0.29) is 30.1 Å². The largest absolute Gasteiger partial charge is 0.481 e. The fraction of sp³-hybridized carbons (Fsp3) is 0.857. The van der Waals surface area contributed by atoms with Crippen LogP contribution in [-0.4, -0.2) is 60.4 Å². The lowest BCUT2D eigenvalue weighted by atomic mass is 9.43. The minimum Gasteiger partial charge on any atom is -0.481 e. The van der Waals surface area contributed by atoms with Crippen molar-refractivity contribution in [2.24, 2.45) is 45.8 Å². The first-order valence-electron chi connectivity index (χ1n) is 13.6. The summed E-state index contributed by atoms with van der Waals surface area (Å²) in [5.74, 6) is 0.425. The molecule has 0 amide bonds. The van der Waals surface area contributed by atoms with Crippen LogP contribution in [0.4, 0.5) is 0 Å². The highest BCUT2D eigenvalue weighted by molar-refractivity contribution is 5.90. The lowest BCUT2D eigenvalue weighted by Crippen LogP contribution is -2.64. The summed E-state index contributed by atoms with van der Waals surface area (Å²) in [6, 6.07) is 0.648. The first-order valence-corrected chi connectivity index (χ1v) is 13.6. The van der Waals surface area contributed by atoms with Gasteiger partial charge in [-0.15, -0.1) is 0 Å². The number of nitrogens with zero attached hydrogens (tertiary/aromatic N) is 1. The molecular weight excluding hydrogens is 430 g/mol. The monoisotopic (exact) mass is 471 g/mol. The Morgan fingerprint density at radius 1 is 1.24 bits per heavy atom. The van der Waals surface area contributed by atoms with Crippen LogP contribution in [0.3, 0.4) is 0 Å². The van der Waals surface area contributed by atoms with E-state index in [9.17, 15) is 14.7 Å². The molecule has 1 N–H and O–H groups in total. The fourth-order valence-corrected chi connectivity index (χ4v) is 9.65. The standard InChI is InChI=1S/C28H41NO5/c1-16(2)23-9-19-10-26(14-30)22-8-5-17(3)21(22)11-27(19,28(23,26)25(31)32)15-33-24-13-29(20-6-7-20)12-18(4)34-24/h9,14,16-22,24H,5-8,10-13,15H2,1-4H3,(H,31,32)/t17-,18-,19-,21-,22-,24-,26+,27+,28?/m1/s1. The van der Waals surface area contributed by atoms with Crippen molar-refractivity contribution in [2.45, 2.75) is 84.7 Å². The minimum absolute atomic E-state index is 0.0737. The van der Waals surface area contributed by atoms with Gasteiger partial charge in [-0.05, 0) is 68.6 Å². The van der Waals surface area contributed by atoms with Crippen LogP contribution in [-0.2, 0) is 19.1 Å². The molecule has 188 valence electrons. The summed E-state index contributed by atoms with van der Waals surface area (Å²) in [4.78, 5) is 29.1. The third-order valence-corrected chi connectivity index (χ3v) is 11.0. The molecule has 0 aromatic carbocycles. The molecule has 0 spiro atoms. The van der Waals surface area contributed by atoms with Gasteiger partial charge in [-0.3, -0.25) is 9.69 Å². The molecule has 6 heteroatoms. The van der Waals surface area contributed by atoms with Gasteiger partial charge in [0.1, 0.15) is 11.7 Å². The first-order chi connectivity index (χ1) is 16.2. The summed E-state index contributed by atoms with van der Waals surface area (Å²) in [5, 5.41) is 11.1. The fourth-order valence-electron chi connectivity index (χ4n) is 9.65. The number of allylic oxidation sites excluding steroid dienone is 1. The zero-order valence-corrected chi connectivity index (χ0v) is 21.2. The van der Waals surface area contributed by atoms with Crippen LogP contribution in [0.1, 0.15) is 66.2 Å². The summed E-state index contributed by atoms with van der Waals surface area (Å²) in [7, 11) is 0. The van der Waals surface area contributed by atoms with Gasteiger partial charge < -0.3 is 19.4 Å². The number of hydrogen-bond donors (Lipinski definition) is 1. The quantitative estimate of drug-likeness (QED) is 0.444. The van der Waals surface area contributed by atoms with Gasteiger partial charge in [0.2, 0.25) is 0 Å². The summed E-state index contributed by atoms with van der Waals surface area (Å²) >= 11 is 0. The molecule has 4 saturated carbocycles. The number of carboxylic acids is 1. The highest BCUT2D eigenvalue weighted by atomic mass is 16.7. The third-order valence-electron chi connectivity index (χ3n) is 11.0. The van der Waals surface area contributed by atoms with Crippen LogP contribution in [0.2, 0.25) is 0 Å². The van der Waals surface area contributed by atoms with Gasteiger partial charge in [0.25, 0.3) is 0 Å². The molecule has 5 fully saturated rings. The number of morpholine rings is 1. The number of fused-ring (bicyclic) bond motifs is 2. The van der Waals surface area contributed by atoms with Gasteiger partial charge >= 0.3 is 5.97 Å². The van der Waals surface area contributed by atoms with Crippen molar-refractivity contribution in [3.8, 4) is 0 Å². The number of aldehydes is 1. The summed E-state index contributed by atoms with van der Waals surface area (Å²) in [6.45, 7) is 10.6. The van der Waals surface area contributed by atoms with Crippen molar-refractivity contribution >= 4 is 12.3 Å². The summed E-state index contributed by atoms with van der Waals surface area (Å²) in [6.07, 6.45) is 9.15. The van der Waals surface area contributed by atoms with E-state index in [1.54, 1.807) is 0 Å². The SMILES string of the molecule is CC(C)C1=C[C@@H]2C[C@]3(C=O)[C@@H]4CC[C@@H](C)[C@H]4C[C@@]2(CO[C@H]2CN(C4CC4)C[C@@H](C)O2)C13C(=O)O. The van der Waals surface area contributed by atoms with Crippen LogP contribution in [0.5, 0.6) is 0 Å². The lowest BCUT2D eigenvalue weighted by molar-refractivity contribution is -0.237. The van der Waals surface area contributed by atoms with Crippen LogP contribution in [0.25, 0.3) is 0 Å². The van der Waals surface area contributed by atoms with Crippen LogP contribution >= 0.6 is 0 Å². The second-order valence-corrected chi connectivity index (χ2v) is 12.9. The Morgan fingerprint density at radius 3 is 2.65 bits per heavy atom. The van der Waals surface area contributed by atoms with Crippen LogP contribution in [0, 0.1) is 45.8 Å². The van der Waals surface area contributed by atoms with E-state index in [2.05, 4.69) is 38.7 Å². The molecule has 0 radical (unpaired) electrons. The Morgan fingerprint density at radius 2 is 2.00 bits per heavy atom. The van der Waals surface area contributed by atoms with Crippen LogP contribution < -0.4 is 0 Å². The second kappa shape index (κ2) is 7.63. The first kappa shape index (κ1) is 23.2. The molecular formula is C28H41NO5. The van der Waals surface area contributed by atoms with Gasteiger partial charge in [0, 0.05) is 24.5 Å². The molecule has 6 aliphatic rings. The topological polar surface area (TPSA) is 76.1 Å². The highest BCUT2D eigenvalue weighted by Crippen LogP contribution is 2.82. The number of carbonyl (C=O) groups excluding carboxylic acids is 1. The highest BCUT2D eigenvalue weighted by Gasteiger charge is 2.84. The number of ether oxygens (including phenoxy) is 2. The zero-order chi connectivity index (χ0) is 24.0. The maximum Gasteiger partial charge on any atom is 0.315 e. The Hall–Kier alpha value is -1.24. The van der Waals surface area contributed by atoms with E-state index < -0.39 is 22.2 Å². The van der Waals surface area contributed by atoms with Gasteiger partial charge in [-0.1, -0.05) is 38.8 Å². The van der Waals surface area contributed by atoms with E-state index in [0.29, 0.717) is 30.9 Å². The normalized spacial score (nSPS) is 49.9. The number of aliphatic carboxylic acids is 1. The smallest absolute Gasteiger partial charge is 0.315 e. The van der Waals surface area contributed by atoms with Crippen molar-refractivity contribution in [3.63, 3.8) is 0 Å². The molecule has 5 aliphatic carbocycles. The minimum atomic E-state index is -1.16. The number of hydrogen-bond acceptors (Lipinski definition) is 5. The number of carboxylic acid groups (broad SMARTS) is 1. The molecule has 1 saturated heterocycles. The van der Waals surface area contributed by atoms with Gasteiger partial charge in [0.05, 0.1) is 18.1 Å². The third kappa shape index (κ3) is 2.74. The summed E-state index contributed by atoms with van der Waals surface area (Å²) in [5.41, 5.74) is -1.59. The van der Waals surface area contributed by atoms with E-state index in [4.69, 9.17) is 9.47 Å². The van der Waals surface area contributed by atoms with E-state index in [0.717, 1.165) is 44.2 Å². The molecule has 9 atom stereocenters. The van der Waals surface area contributed by atoms with E-state index in [1.165, 1.54) is 12.8 Å². The van der Waals surface area contributed by atoms with Crippen molar-refractivity contribution in [3.05, 3.63) is 11.6 Å². The molecule has 4 bridgehead atoms. The maximum atomic E-state index is 13.5. The number of carbonyl (C=O) groups is 2. The van der Waals surface area contributed by atoms with Gasteiger partial charge in [0.15, 0.2) is 6.29 Å². The molecule has 1 heterocycles. The Balaban J connectivity index is 1.40. The predicted octanol–water partition coefficient (Wildman–Crippen LogP) is 4.14. The number of rotatable bonds is 7. The zero-order valence-electron chi connectivity index (χ0n) is 21.2. The van der Waals surface area contributed by atoms with Crippen molar-refractivity contribution in [2.75, 3.05) is 19.7 Å². The maximum absolute atomic E-state index is 13.5. The van der Waals surface area contributed by atoms with E-state index >= 15 is 0 Å². The van der Waals surface area contributed by atoms with E-state index in [1.807, 2.05) is 0 Å². The van der Waals surface area contributed by atoms with Crippen molar-refractivity contribution < 1.29 is 24.2 Å². The van der Waals surface area contributed by atoms with Gasteiger partial charge in [-0.25, -0.2) is 0 Å². The molecule has 6 nitrogen and oxygen atoms in total. The van der Waals surface area contributed by atoms with Crippen LogP contribution in [0.15, 0.2) is 11.6 Å². The average Bonchev–Trinajstić information content (AvgIpc) is 3.50. The Bertz CT molecular complexity index is 912. The molecule has 1 unspecified atom stereocenters. The molecule has 1 aliphatic heterocycles. The Kier molecular flexibility index (Phi) is 5.20. The van der Waals surface area contributed by atoms with Crippen molar-refractivity contribution in [1.82, 2.24) is 4.90 Å². The Labute approximate surface area is 203 Å². The molecule has 0 aromatic rings. The summed E-state index contributed by atoms with van der Waals surface area (Å²) < 4.78 is 12.8. The van der Waals surface area contributed by atoms with Gasteiger partial charge in [-0.2, -0.15) is 0 Å². The predicted molar refractivity (Wildman–Crippen MR) is 127 cm³/mol. The second-order valence-electron chi connectivity index (χ2n) is 12.9. The molecule has 0 aromatic heterocycles. The molecule has 6 rings (SSSR count). The van der Waals surface area contributed by atoms with Crippen molar-refractivity contribution in [1.29, 1.82) is 0 Å². The average molecular weight is 472 g/mol. The lowest BCUT2D eigenvalue weighted by Gasteiger charge is -2.58. The molecule has 34 heavy (non-hydrogen) atoms.